The third-order valence-corrected chi connectivity index (χ3v) is 5.05. The maximum Gasteiger partial charge on any atom is 0.325 e. The minimum absolute atomic E-state index is 0.0256. The van der Waals surface area contributed by atoms with E-state index >= 15 is 0 Å². The van der Waals surface area contributed by atoms with Crippen molar-refractivity contribution < 1.29 is 39.3 Å². The highest BCUT2D eigenvalue weighted by atomic mass is 16.4. The van der Waals surface area contributed by atoms with Gasteiger partial charge in [-0.05, 0) is 37.5 Å². The van der Waals surface area contributed by atoms with E-state index in [9.17, 15) is 29.1 Å². The smallest absolute Gasteiger partial charge is 0.325 e. The number of benzene rings is 1. The molecule has 0 radical (unpaired) electrons. The topological polar surface area (TPSA) is 273 Å². The summed E-state index contributed by atoms with van der Waals surface area (Å²) in [6.07, 6.45) is -0.497. The lowest BCUT2D eigenvalue weighted by molar-refractivity contribution is -0.141. The molecule has 4 atom stereocenters. The fraction of sp³-hybridized carbons (Fsp3) is 0.455. The zero-order valence-corrected chi connectivity index (χ0v) is 20.2. The zero-order valence-electron chi connectivity index (χ0n) is 20.2. The van der Waals surface area contributed by atoms with Crippen molar-refractivity contribution in [2.24, 2.45) is 22.2 Å². The maximum atomic E-state index is 13.2. The summed E-state index contributed by atoms with van der Waals surface area (Å²) < 4.78 is 0. The van der Waals surface area contributed by atoms with Crippen LogP contribution in [0.5, 0.6) is 5.75 Å². The van der Waals surface area contributed by atoms with Gasteiger partial charge in [0, 0.05) is 13.0 Å². The van der Waals surface area contributed by atoms with Crippen molar-refractivity contribution in [2.75, 3.05) is 6.54 Å². The monoisotopic (exact) mass is 523 g/mol. The van der Waals surface area contributed by atoms with Gasteiger partial charge < -0.3 is 48.5 Å². The lowest BCUT2D eigenvalue weighted by Gasteiger charge is -2.24. The molecular weight excluding hydrogens is 490 g/mol. The van der Waals surface area contributed by atoms with Crippen molar-refractivity contribution in [3.63, 3.8) is 0 Å². The number of carboxylic acids is 2. The summed E-state index contributed by atoms with van der Waals surface area (Å²) in [5, 5.41) is 34.6. The Kier molecular flexibility index (Phi) is 12.3. The number of nitrogens with one attached hydrogen (secondary N) is 3. The molecule has 15 nitrogen and oxygen atoms in total. The number of aliphatic carboxylic acids is 2. The summed E-state index contributed by atoms with van der Waals surface area (Å²) in [6.45, 7) is 1.38. The number of aliphatic imine (C=N–C) groups is 1. The van der Waals surface area contributed by atoms with Crippen molar-refractivity contribution >= 4 is 35.6 Å². The van der Waals surface area contributed by atoms with Crippen molar-refractivity contribution in [3.8, 4) is 5.75 Å². The molecule has 0 aliphatic carbocycles. The van der Waals surface area contributed by atoms with Gasteiger partial charge in [0.1, 0.15) is 23.9 Å². The lowest BCUT2D eigenvalue weighted by atomic mass is 10.0. The predicted molar refractivity (Wildman–Crippen MR) is 131 cm³/mol. The SMILES string of the molecule is CC(NC(=O)C(CCCN=C(N)N)NC(=O)C(Cc1ccc(O)cc1)NC(=O)C(N)CC(=O)O)C(=O)O. The molecule has 0 aliphatic heterocycles. The highest BCUT2D eigenvalue weighted by molar-refractivity contribution is 5.94. The number of nitrogens with zero attached hydrogens (tertiary/aromatic N) is 1. The molecule has 0 heterocycles. The summed E-state index contributed by atoms with van der Waals surface area (Å²) in [5.74, 6) is -5.30. The van der Waals surface area contributed by atoms with Crippen LogP contribution in [-0.2, 0) is 30.4 Å². The Labute approximate surface area is 212 Å². The molecular formula is C22H33N7O8. The van der Waals surface area contributed by atoms with Crippen LogP contribution < -0.4 is 33.2 Å². The number of rotatable bonds is 15. The minimum atomic E-state index is -1.44. The predicted octanol–water partition coefficient (Wildman–Crippen LogP) is -2.65. The van der Waals surface area contributed by atoms with Crippen LogP contribution in [0.2, 0.25) is 0 Å². The molecule has 0 aromatic heterocycles. The van der Waals surface area contributed by atoms with E-state index in [2.05, 4.69) is 20.9 Å². The van der Waals surface area contributed by atoms with Crippen LogP contribution in [0.25, 0.3) is 0 Å². The van der Waals surface area contributed by atoms with E-state index in [4.69, 9.17) is 27.4 Å². The molecule has 0 saturated carbocycles. The second-order valence-electron chi connectivity index (χ2n) is 8.21. The first-order valence-electron chi connectivity index (χ1n) is 11.2. The van der Waals surface area contributed by atoms with Gasteiger partial charge in [-0.15, -0.1) is 0 Å². The molecule has 37 heavy (non-hydrogen) atoms. The van der Waals surface area contributed by atoms with Crippen molar-refractivity contribution in [3.05, 3.63) is 29.8 Å². The van der Waals surface area contributed by atoms with Crippen LogP contribution in [-0.4, -0.2) is 81.7 Å². The maximum absolute atomic E-state index is 13.2. The van der Waals surface area contributed by atoms with E-state index < -0.39 is 60.2 Å². The van der Waals surface area contributed by atoms with Gasteiger partial charge in [0.15, 0.2) is 5.96 Å². The summed E-state index contributed by atoms with van der Waals surface area (Å²) in [6, 6.07) is 0.566. The summed E-state index contributed by atoms with van der Waals surface area (Å²) in [4.78, 5) is 64.2. The Morgan fingerprint density at radius 2 is 1.49 bits per heavy atom. The van der Waals surface area contributed by atoms with Crippen molar-refractivity contribution in [1.29, 1.82) is 0 Å². The molecule has 0 bridgehead atoms. The van der Waals surface area contributed by atoms with Gasteiger partial charge in [0.25, 0.3) is 0 Å². The average Bonchev–Trinajstić information content (AvgIpc) is 2.80. The molecule has 0 spiro atoms. The number of carbonyl (C=O) groups is 5. The van der Waals surface area contributed by atoms with E-state index in [1.807, 2.05) is 0 Å². The number of carbonyl (C=O) groups excluding carboxylic acids is 3. The summed E-state index contributed by atoms with van der Waals surface area (Å²) in [7, 11) is 0. The van der Waals surface area contributed by atoms with Gasteiger partial charge in [-0.3, -0.25) is 29.0 Å². The molecule has 4 unspecified atom stereocenters. The fourth-order valence-corrected chi connectivity index (χ4v) is 3.06. The largest absolute Gasteiger partial charge is 0.508 e. The van der Waals surface area contributed by atoms with E-state index in [1.54, 1.807) is 0 Å². The first-order valence-corrected chi connectivity index (χ1v) is 11.2. The van der Waals surface area contributed by atoms with Gasteiger partial charge in [-0.1, -0.05) is 12.1 Å². The first kappa shape index (κ1) is 30.6. The summed E-state index contributed by atoms with van der Waals surface area (Å²) >= 11 is 0. The van der Waals surface area contributed by atoms with E-state index in [1.165, 1.54) is 31.2 Å². The van der Waals surface area contributed by atoms with Gasteiger partial charge in [-0.25, -0.2) is 0 Å². The number of hydrogen-bond acceptors (Lipinski definition) is 8. The minimum Gasteiger partial charge on any atom is -0.508 e. The van der Waals surface area contributed by atoms with E-state index in [-0.39, 0.29) is 37.5 Å². The molecule has 204 valence electrons. The quantitative estimate of drug-likeness (QED) is 0.0650. The zero-order chi connectivity index (χ0) is 28.1. The van der Waals surface area contributed by atoms with Crippen LogP contribution in [0.4, 0.5) is 0 Å². The molecule has 1 aromatic rings. The first-order chi connectivity index (χ1) is 17.3. The third kappa shape index (κ3) is 11.7. The van der Waals surface area contributed by atoms with Gasteiger partial charge >= 0.3 is 11.9 Å². The number of phenols is 1. The van der Waals surface area contributed by atoms with Crippen LogP contribution in [0.15, 0.2) is 29.3 Å². The molecule has 1 rings (SSSR count). The number of aromatic hydroxyl groups is 1. The van der Waals surface area contributed by atoms with Crippen LogP contribution >= 0.6 is 0 Å². The number of carboxylic acid groups (broad SMARTS) is 2. The third-order valence-electron chi connectivity index (χ3n) is 5.05. The number of phenolic OH excluding ortho intramolecular Hbond substituents is 1. The standard InChI is InChI=1S/C22H33N7O8/c1-11(21(36)37)27-19(34)15(3-2-8-26-22(24)25)28-20(35)16(9-12-4-6-13(30)7-5-12)29-18(33)14(23)10-17(31)32/h4-7,11,14-16,30H,2-3,8-10,23H2,1H3,(H,27,34)(H,28,35)(H,29,33)(H,31,32)(H,36,37)(H4,24,25,26). The number of nitrogens with two attached hydrogens (primary N) is 3. The molecule has 15 heteroatoms. The van der Waals surface area contributed by atoms with Gasteiger partial charge in [-0.2, -0.15) is 0 Å². The molecule has 12 N–H and O–H groups in total. The molecule has 0 saturated heterocycles. The van der Waals surface area contributed by atoms with Crippen LogP contribution in [0.3, 0.4) is 0 Å². The Morgan fingerprint density at radius 3 is 2.03 bits per heavy atom. The Balaban J connectivity index is 3.12. The Bertz CT molecular complexity index is 995. The van der Waals surface area contributed by atoms with Gasteiger partial charge in [0.2, 0.25) is 17.7 Å². The molecule has 1 aromatic carbocycles. The molecule has 0 aliphatic rings. The molecule has 0 fully saturated rings. The van der Waals surface area contributed by atoms with Crippen LogP contribution in [0, 0.1) is 0 Å². The Hall–Kier alpha value is -4.40. The number of hydrogen-bond donors (Lipinski definition) is 9. The second-order valence-corrected chi connectivity index (χ2v) is 8.21. The highest BCUT2D eigenvalue weighted by Gasteiger charge is 2.30. The van der Waals surface area contributed by atoms with Gasteiger partial charge in [0.05, 0.1) is 12.5 Å². The van der Waals surface area contributed by atoms with E-state index in [0.717, 1.165) is 0 Å². The van der Waals surface area contributed by atoms with Crippen molar-refractivity contribution in [2.45, 2.75) is 56.8 Å². The van der Waals surface area contributed by atoms with E-state index in [0.29, 0.717) is 5.56 Å². The second kappa shape index (κ2) is 14.9. The number of guanidine groups is 1. The lowest BCUT2D eigenvalue weighted by Crippen LogP contribution is -2.57. The average molecular weight is 524 g/mol. The summed E-state index contributed by atoms with van der Waals surface area (Å²) in [5.41, 5.74) is 16.7. The number of amides is 3. The van der Waals surface area contributed by atoms with Crippen molar-refractivity contribution in [1.82, 2.24) is 16.0 Å². The fourth-order valence-electron chi connectivity index (χ4n) is 3.06. The Morgan fingerprint density at radius 1 is 0.919 bits per heavy atom. The molecule has 3 amide bonds. The highest BCUT2D eigenvalue weighted by Crippen LogP contribution is 2.12. The normalized spacial score (nSPS) is 13.8. The van der Waals surface area contributed by atoms with Crippen LogP contribution in [0.1, 0.15) is 31.7 Å².